The Hall–Kier alpha value is -3.83. The number of nitrogens with one attached hydrogen (secondary N) is 1. The zero-order valence-electron chi connectivity index (χ0n) is 18.2. The average molecular weight is 455 g/mol. The van der Waals surface area contributed by atoms with Gasteiger partial charge in [0.25, 0.3) is 0 Å². The van der Waals surface area contributed by atoms with E-state index in [-0.39, 0.29) is 0 Å². The lowest BCUT2D eigenvalue weighted by Crippen LogP contribution is -2.07. The molecule has 2 heterocycles. The van der Waals surface area contributed by atoms with E-state index < -0.39 is 0 Å². The molecule has 0 radical (unpaired) electrons. The summed E-state index contributed by atoms with van der Waals surface area (Å²) in [6, 6.07) is 26.0. The molecule has 0 aliphatic carbocycles. The van der Waals surface area contributed by atoms with Crippen molar-refractivity contribution in [2.75, 3.05) is 0 Å². The van der Waals surface area contributed by atoms with Crippen molar-refractivity contribution < 1.29 is 4.74 Å². The predicted octanol–water partition coefficient (Wildman–Crippen LogP) is 6.53. The van der Waals surface area contributed by atoms with E-state index in [0.29, 0.717) is 11.6 Å². The van der Waals surface area contributed by atoms with Gasteiger partial charge >= 0.3 is 0 Å². The third-order valence-electron chi connectivity index (χ3n) is 5.51. The molecule has 0 spiro atoms. The molecule has 0 amide bonds. The van der Waals surface area contributed by atoms with Crippen LogP contribution < -0.4 is 4.74 Å². The highest BCUT2D eigenvalue weighted by Crippen LogP contribution is 2.27. The number of aryl methyl sites for hydroxylation is 1. The first-order chi connectivity index (χ1) is 16.2. The van der Waals surface area contributed by atoms with Gasteiger partial charge in [0, 0.05) is 29.5 Å². The highest BCUT2D eigenvalue weighted by molar-refractivity contribution is 6.30. The smallest absolute Gasteiger partial charge is 0.147 e. The van der Waals surface area contributed by atoms with E-state index in [1.54, 1.807) is 0 Å². The Labute approximate surface area is 197 Å². The molecule has 0 atom stereocenters. The second-order valence-electron chi connectivity index (χ2n) is 7.82. The SMILES string of the molecule is Cc1nc(-c2ccc(OCc3nccn3Cc3ccccc3)cc2)[nH]c1-c1ccc(Cl)cc1. The number of aromatic amines is 1. The zero-order valence-corrected chi connectivity index (χ0v) is 19.0. The van der Waals surface area contributed by atoms with Crippen LogP contribution in [0, 0.1) is 6.92 Å². The normalized spacial score (nSPS) is 11.0. The van der Waals surface area contributed by atoms with Gasteiger partial charge in [0.15, 0.2) is 0 Å². The van der Waals surface area contributed by atoms with E-state index >= 15 is 0 Å². The molecule has 0 fully saturated rings. The van der Waals surface area contributed by atoms with Crippen molar-refractivity contribution in [2.45, 2.75) is 20.1 Å². The van der Waals surface area contributed by atoms with E-state index in [2.05, 4.69) is 26.7 Å². The van der Waals surface area contributed by atoms with Gasteiger partial charge in [-0.25, -0.2) is 9.97 Å². The number of ether oxygens (including phenoxy) is 1. The van der Waals surface area contributed by atoms with Gasteiger partial charge in [-0.2, -0.15) is 0 Å². The van der Waals surface area contributed by atoms with E-state index in [1.807, 2.05) is 86.0 Å². The molecule has 5 rings (SSSR count). The Kier molecular flexibility index (Phi) is 5.96. The van der Waals surface area contributed by atoms with Crippen LogP contribution in [-0.4, -0.2) is 19.5 Å². The summed E-state index contributed by atoms with van der Waals surface area (Å²) in [7, 11) is 0. The highest BCUT2D eigenvalue weighted by Gasteiger charge is 2.11. The van der Waals surface area contributed by atoms with Crippen molar-refractivity contribution in [1.82, 2.24) is 19.5 Å². The van der Waals surface area contributed by atoms with E-state index in [9.17, 15) is 0 Å². The van der Waals surface area contributed by atoms with E-state index in [0.717, 1.165) is 46.5 Å². The number of benzene rings is 3. The molecular formula is C27H23ClN4O. The summed E-state index contributed by atoms with van der Waals surface area (Å²) in [6.07, 6.45) is 3.79. The van der Waals surface area contributed by atoms with Crippen molar-refractivity contribution in [2.24, 2.45) is 0 Å². The van der Waals surface area contributed by atoms with Gasteiger partial charge in [-0.3, -0.25) is 0 Å². The number of H-pyrrole nitrogens is 1. The number of aromatic nitrogens is 4. The first-order valence-electron chi connectivity index (χ1n) is 10.8. The lowest BCUT2D eigenvalue weighted by atomic mass is 10.1. The summed E-state index contributed by atoms with van der Waals surface area (Å²) in [4.78, 5) is 12.6. The molecule has 3 aromatic carbocycles. The lowest BCUT2D eigenvalue weighted by molar-refractivity contribution is 0.290. The summed E-state index contributed by atoms with van der Waals surface area (Å²) < 4.78 is 8.11. The first kappa shape index (κ1) is 21.0. The maximum Gasteiger partial charge on any atom is 0.147 e. The van der Waals surface area contributed by atoms with Gasteiger partial charge in [-0.15, -0.1) is 0 Å². The summed E-state index contributed by atoms with van der Waals surface area (Å²) in [6.45, 7) is 3.17. The van der Waals surface area contributed by atoms with Crippen LogP contribution in [0.15, 0.2) is 91.3 Å². The van der Waals surface area contributed by atoms with Crippen LogP contribution in [0.3, 0.4) is 0 Å². The highest BCUT2D eigenvalue weighted by atomic mass is 35.5. The van der Waals surface area contributed by atoms with Crippen LogP contribution in [0.4, 0.5) is 0 Å². The van der Waals surface area contributed by atoms with Crippen molar-refractivity contribution >= 4 is 11.6 Å². The number of nitrogens with zero attached hydrogens (tertiary/aromatic N) is 3. The van der Waals surface area contributed by atoms with Crippen molar-refractivity contribution in [3.05, 3.63) is 113 Å². The Bertz CT molecular complexity index is 1340. The molecule has 0 aliphatic rings. The number of imidazole rings is 2. The first-order valence-corrected chi connectivity index (χ1v) is 11.1. The quantitative estimate of drug-likeness (QED) is 0.304. The molecular weight excluding hydrogens is 432 g/mol. The second kappa shape index (κ2) is 9.35. The third-order valence-corrected chi connectivity index (χ3v) is 5.76. The molecule has 33 heavy (non-hydrogen) atoms. The fourth-order valence-corrected chi connectivity index (χ4v) is 3.88. The van der Waals surface area contributed by atoms with Gasteiger partial charge in [-0.1, -0.05) is 54.1 Å². The monoisotopic (exact) mass is 454 g/mol. The molecule has 0 unspecified atom stereocenters. The summed E-state index contributed by atoms with van der Waals surface area (Å²) in [5, 5.41) is 0.717. The molecule has 164 valence electrons. The van der Waals surface area contributed by atoms with Crippen LogP contribution in [0.5, 0.6) is 5.75 Å². The molecule has 2 aromatic heterocycles. The predicted molar refractivity (Wildman–Crippen MR) is 131 cm³/mol. The molecule has 5 aromatic rings. The fourth-order valence-electron chi connectivity index (χ4n) is 3.76. The van der Waals surface area contributed by atoms with Crippen LogP contribution in [0.25, 0.3) is 22.6 Å². The van der Waals surface area contributed by atoms with Gasteiger partial charge < -0.3 is 14.3 Å². The van der Waals surface area contributed by atoms with Crippen molar-refractivity contribution in [3.63, 3.8) is 0 Å². The minimum Gasteiger partial charge on any atom is -0.486 e. The van der Waals surface area contributed by atoms with Gasteiger partial charge in [0.1, 0.15) is 24.0 Å². The number of rotatable bonds is 7. The number of hydrogen-bond donors (Lipinski definition) is 1. The number of halogens is 1. The summed E-state index contributed by atoms with van der Waals surface area (Å²) in [5.74, 6) is 2.49. The van der Waals surface area contributed by atoms with Crippen LogP contribution in [0.1, 0.15) is 17.1 Å². The second-order valence-corrected chi connectivity index (χ2v) is 8.26. The molecule has 5 nitrogen and oxygen atoms in total. The zero-order chi connectivity index (χ0) is 22.6. The average Bonchev–Trinajstić information content (AvgIpc) is 3.45. The standard InChI is InChI=1S/C27H23ClN4O/c1-19-26(21-7-11-23(28)12-8-21)31-27(30-19)22-9-13-24(14-10-22)33-18-25-29-15-16-32(25)17-20-5-3-2-4-6-20/h2-16H,17-18H2,1H3,(H,30,31). The summed E-state index contributed by atoms with van der Waals surface area (Å²) in [5.41, 5.74) is 5.22. The molecule has 0 saturated heterocycles. The molecule has 1 N–H and O–H groups in total. The molecule has 6 heteroatoms. The molecule has 0 aliphatic heterocycles. The van der Waals surface area contributed by atoms with Crippen molar-refractivity contribution in [1.29, 1.82) is 0 Å². The maximum absolute atomic E-state index is 6.02. The largest absolute Gasteiger partial charge is 0.486 e. The summed E-state index contributed by atoms with van der Waals surface area (Å²) >= 11 is 6.02. The van der Waals surface area contributed by atoms with Gasteiger partial charge in [-0.05, 0) is 54.4 Å². The van der Waals surface area contributed by atoms with E-state index in [4.69, 9.17) is 21.3 Å². The topological polar surface area (TPSA) is 55.7 Å². The molecule has 0 bridgehead atoms. The van der Waals surface area contributed by atoms with Crippen LogP contribution in [-0.2, 0) is 13.2 Å². The Balaban J connectivity index is 1.26. The lowest BCUT2D eigenvalue weighted by Gasteiger charge is -2.10. The van der Waals surface area contributed by atoms with Crippen molar-refractivity contribution in [3.8, 4) is 28.4 Å². The minimum absolute atomic E-state index is 0.403. The fraction of sp³-hybridized carbons (Fsp3) is 0.111. The van der Waals surface area contributed by atoms with Crippen LogP contribution in [0.2, 0.25) is 5.02 Å². The van der Waals surface area contributed by atoms with Gasteiger partial charge in [0.2, 0.25) is 0 Å². The van der Waals surface area contributed by atoms with Gasteiger partial charge in [0.05, 0.1) is 11.4 Å². The van der Waals surface area contributed by atoms with E-state index in [1.165, 1.54) is 5.56 Å². The number of hydrogen-bond acceptors (Lipinski definition) is 3. The Morgan fingerprint density at radius 2 is 1.64 bits per heavy atom. The Morgan fingerprint density at radius 1 is 0.909 bits per heavy atom. The minimum atomic E-state index is 0.403. The van der Waals surface area contributed by atoms with Crippen LogP contribution >= 0.6 is 11.6 Å². The Morgan fingerprint density at radius 3 is 2.39 bits per heavy atom. The molecule has 0 saturated carbocycles. The third kappa shape index (κ3) is 4.83. The maximum atomic E-state index is 6.02.